The van der Waals surface area contributed by atoms with E-state index in [1.165, 1.54) is 0 Å². The molecule has 19 heavy (non-hydrogen) atoms. The number of hydrogen-bond donors (Lipinski definition) is 2. The van der Waals surface area contributed by atoms with Crippen LogP contribution in [0.2, 0.25) is 5.02 Å². The number of H-pyrrole nitrogens is 1. The molecule has 0 saturated carbocycles. The van der Waals surface area contributed by atoms with Crippen molar-refractivity contribution in [3.05, 3.63) is 29.4 Å². The highest BCUT2D eigenvalue weighted by atomic mass is 35.5. The van der Waals surface area contributed by atoms with Crippen molar-refractivity contribution in [2.75, 3.05) is 17.2 Å². The lowest BCUT2D eigenvalue weighted by molar-refractivity contribution is 0.229. The quantitative estimate of drug-likeness (QED) is 0.913. The van der Waals surface area contributed by atoms with E-state index >= 15 is 0 Å². The maximum atomic E-state index is 6.27. The Kier molecular flexibility index (Phi) is 3.57. The summed E-state index contributed by atoms with van der Waals surface area (Å²) in [5.74, 6) is 3.47. The average Bonchev–Trinajstić information content (AvgIpc) is 3.03. The van der Waals surface area contributed by atoms with Crippen molar-refractivity contribution in [2.45, 2.75) is 12.5 Å². The van der Waals surface area contributed by atoms with Crippen molar-refractivity contribution >= 4 is 29.2 Å². The summed E-state index contributed by atoms with van der Waals surface area (Å²) in [7, 11) is 0. The third-order valence-corrected chi connectivity index (χ3v) is 4.52. The summed E-state index contributed by atoms with van der Waals surface area (Å²) >= 11 is 8.19. The Balaban J connectivity index is 1.83. The highest BCUT2D eigenvalue weighted by Gasteiger charge is 2.18. The molecule has 1 aliphatic rings. The molecule has 0 radical (unpaired) electrons. The third-order valence-electron chi connectivity index (χ3n) is 3.09. The van der Waals surface area contributed by atoms with E-state index in [1.54, 1.807) is 6.20 Å². The van der Waals surface area contributed by atoms with Gasteiger partial charge in [-0.1, -0.05) is 17.7 Å². The Hall–Kier alpha value is -1.33. The van der Waals surface area contributed by atoms with Crippen LogP contribution in [0.1, 0.15) is 6.42 Å². The molecule has 1 aliphatic heterocycles. The van der Waals surface area contributed by atoms with Crippen LogP contribution in [-0.2, 0) is 0 Å². The number of aromatic amines is 1. The minimum atomic E-state index is 0.271. The molecule has 4 nitrogen and oxygen atoms in total. The largest absolute Gasteiger partial charge is 0.488 e. The van der Waals surface area contributed by atoms with Crippen LogP contribution < -0.4 is 10.5 Å². The number of ether oxygens (including phenoxy) is 1. The van der Waals surface area contributed by atoms with Gasteiger partial charge in [-0.25, -0.2) is 0 Å². The van der Waals surface area contributed by atoms with Crippen LogP contribution in [0.3, 0.4) is 0 Å². The lowest BCUT2D eigenvalue weighted by Gasteiger charge is -2.14. The molecule has 0 amide bonds. The molecule has 3 rings (SSSR count). The minimum Gasteiger partial charge on any atom is -0.488 e. The van der Waals surface area contributed by atoms with E-state index in [-0.39, 0.29) is 6.10 Å². The van der Waals surface area contributed by atoms with E-state index in [4.69, 9.17) is 22.1 Å². The Morgan fingerprint density at radius 1 is 1.47 bits per heavy atom. The number of nitrogen functional groups attached to an aromatic ring is 1. The molecule has 2 heterocycles. The molecule has 1 aromatic heterocycles. The summed E-state index contributed by atoms with van der Waals surface area (Å²) in [5, 5.41) is 7.22. The number of anilines is 1. The summed E-state index contributed by atoms with van der Waals surface area (Å²) in [6.07, 6.45) is 3.04. The molecular formula is C13H14ClN3OS. The van der Waals surface area contributed by atoms with Crippen molar-refractivity contribution < 1.29 is 4.74 Å². The van der Waals surface area contributed by atoms with Crippen LogP contribution in [0.15, 0.2) is 24.4 Å². The van der Waals surface area contributed by atoms with E-state index < -0.39 is 0 Å². The number of nitrogens with two attached hydrogens (primary N) is 1. The highest BCUT2D eigenvalue weighted by Crippen LogP contribution is 2.34. The van der Waals surface area contributed by atoms with Crippen LogP contribution in [0.5, 0.6) is 5.75 Å². The zero-order valence-electron chi connectivity index (χ0n) is 10.2. The SMILES string of the molecule is Nc1[nH]ncc1-c1ccc(OC2CCSC2)c(Cl)c1. The Labute approximate surface area is 120 Å². The first-order chi connectivity index (χ1) is 9.24. The first-order valence-corrected chi connectivity index (χ1v) is 7.60. The van der Waals surface area contributed by atoms with Crippen LogP contribution >= 0.6 is 23.4 Å². The fourth-order valence-electron chi connectivity index (χ4n) is 2.08. The number of hydrogen-bond acceptors (Lipinski definition) is 4. The van der Waals surface area contributed by atoms with Gasteiger partial charge in [0.2, 0.25) is 0 Å². The zero-order valence-corrected chi connectivity index (χ0v) is 11.8. The lowest BCUT2D eigenvalue weighted by Crippen LogP contribution is -2.14. The van der Waals surface area contributed by atoms with Gasteiger partial charge in [0, 0.05) is 11.3 Å². The standard InChI is InChI=1S/C13H14ClN3OS/c14-11-5-8(10-6-16-17-13(10)15)1-2-12(11)18-9-3-4-19-7-9/h1-2,5-6,9H,3-4,7H2,(H3,15,16,17). The van der Waals surface area contributed by atoms with Gasteiger partial charge in [-0.05, 0) is 29.9 Å². The van der Waals surface area contributed by atoms with Crippen molar-refractivity contribution in [3.8, 4) is 16.9 Å². The fraction of sp³-hybridized carbons (Fsp3) is 0.308. The number of rotatable bonds is 3. The zero-order chi connectivity index (χ0) is 13.2. The smallest absolute Gasteiger partial charge is 0.138 e. The van der Waals surface area contributed by atoms with E-state index in [1.807, 2.05) is 30.0 Å². The van der Waals surface area contributed by atoms with E-state index in [0.717, 1.165) is 34.8 Å². The summed E-state index contributed by atoms with van der Waals surface area (Å²) in [6, 6.07) is 5.71. The molecule has 1 atom stereocenters. The molecule has 0 spiro atoms. The van der Waals surface area contributed by atoms with Crippen LogP contribution in [0, 0.1) is 0 Å². The van der Waals surface area contributed by atoms with Gasteiger partial charge in [0.1, 0.15) is 17.7 Å². The molecular weight excluding hydrogens is 282 g/mol. The first-order valence-electron chi connectivity index (χ1n) is 6.07. The van der Waals surface area contributed by atoms with Gasteiger partial charge in [-0.15, -0.1) is 0 Å². The van der Waals surface area contributed by atoms with Gasteiger partial charge in [0.25, 0.3) is 0 Å². The van der Waals surface area contributed by atoms with Gasteiger partial charge >= 0.3 is 0 Å². The Bertz CT molecular complexity index is 581. The number of nitrogens with zero attached hydrogens (tertiary/aromatic N) is 1. The van der Waals surface area contributed by atoms with E-state index in [2.05, 4.69) is 10.2 Å². The van der Waals surface area contributed by atoms with Crippen molar-refractivity contribution in [1.82, 2.24) is 10.2 Å². The lowest BCUT2D eigenvalue weighted by atomic mass is 10.1. The highest BCUT2D eigenvalue weighted by molar-refractivity contribution is 7.99. The van der Waals surface area contributed by atoms with Gasteiger partial charge in [-0.2, -0.15) is 16.9 Å². The van der Waals surface area contributed by atoms with Gasteiger partial charge < -0.3 is 10.5 Å². The van der Waals surface area contributed by atoms with Gasteiger partial charge in [0.15, 0.2) is 0 Å². The summed E-state index contributed by atoms with van der Waals surface area (Å²) in [4.78, 5) is 0. The molecule has 0 aliphatic carbocycles. The number of aromatic nitrogens is 2. The maximum absolute atomic E-state index is 6.27. The molecule has 1 unspecified atom stereocenters. The second kappa shape index (κ2) is 5.35. The molecule has 1 saturated heterocycles. The molecule has 1 aromatic carbocycles. The van der Waals surface area contributed by atoms with Gasteiger partial charge in [0.05, 0.1) is 11.2 Å². The molecule has 2 aromatic rings. The fourth-order valence-corrected chi connectivity index (χ4v) is 3.39. The predicted molar refractivity (Wildman–Crippen MR) is 79.8 cm³/mol. The molecule has 0 bridgehead atoms. The predicted octanol–water partition coefficient (Wildman–Crippen LogP) is 3.20. The molecule has 6 heteroatoms. The molecule has 100 valence electrons. The molecule has 1 fully saturated rings. The minimum absolute atomic E-state index is 0.271. The summed E-state index contributed by atoms with van der Waals surface area (Å²) in [6.45, 7) is 0. The number of nitrogens with one attached hydrogen (secondary N) is 1. The van der Waals surface area contributed by atoms with Gasteiger partial charge in [-0.3, -0.25) is 5.10 Å². The normalized spacial score (nSPS) is 18.7. The number of thioether (sulfide) groups is 1. The first kappa shape index (κ1) is 12.7. The van der Waals surface area contributed by atoms with Crippen LogP contribution in [-0.4, -0.2) is 27.8 Å². The van der Waals surface area contributed by atoms with Crippen molar-refractivity contribution in [1.29, 1.82) is 0 Å². The second-order valence-corrected chi connectivity index (χ2v) is 6.00. The topological polar surface area (TPSA) is 63.9 Å². The van der Waals surface area contributed by atoms with Crippen LogP contribution in [0.4, 0.5) is 5.82 Å². The summed E-state index contributed by atoms with van der Waals surface area (Å²) in [5.41, 5.74) is 7.58. The maximum Gasteiger partial charge on any atom is 0.138 e. The van der Waals surface area contributed by atoms with Crippen molar-refractivity contribution in [2.24, 2.45) is 0 Å². The monoisotopic (exact) mass is 295 g/mol. The number of halogens is 1. The van der Waals surface area contributed by atoms with Crippen molar-refractivity contribution in [3.63, 3.8) is 0 Å². The Morgan fingerprint density at radius 3 is 3.00 bits per heavy atom. The van der Waals surface area contributed by atoms with E-state index in [0.29, 0.717) is 10.8 Å². The van der Waals surface area contributed by atoms with E-state index in [9.17, 15) is 0 Å². The third kappa shape index (κ3) is 2.67. The summed E-state index contributed by atoms with van der Waals surface area (Å²) < 4.78 is 5.90. The Morgan fingerprint density at radius 2 is 2.37 bits per heavy atom. The number of benzene rings is 1. The average molecular weight is 296 g/mol. The second-order valence-electron chi connectivity index (χ2n) is 4.45. The molecule has 3 N–H and O–H groups in total. The van der Waals surface area contributed by atoms with Crippen LogP contribution in [0.25, 0.3) is 11.1 Å².